The van der Waals surface area contributed by atoms with Crippen LogP contribution in [0.15, 0.2) is 48.8 Å². The summed E-state index contributed by atoms with van der Waals surface area (Å²) in [4.78, 5) is 21.9. The van der Waals surface area contributed by atoms with Gasteiger partial charge in [0, 0.05) is 17.8 Å². The van der Waals surface area contributed by atoms with Crippen LogP contribution in [0.25, 0.3) is 0 Å². The molecule has 0 fully saturated rings. The van der Waals surface area contributed by atoms with Crippen molar-refractivity contribution in [3.05, 3.63) is 59.9 Å². The normalized spacial score (nSPS) is 13.2. The van der Waals surface area contributed by atoms with Crippen LogP contribution in [0.4, 0.5) is 35.2 Å². The van der Waals surface area contributed by atoms with E-state index in [4.69, 9.17) is 15.2 Å². The molecular weight excluding hydrogens is 427 g/mol. The molecule has 3 aromatic rings. The lowest BCUT2D eigenvalue weighted by molar-refractivity contribution is -0.138. The predicted molar refractivity (Wildman–Crippen MR) is 111 cm³/mol. The maximum absolute atomic E-state index is 13.2. The average molecular weight is 445 g/mol. The fraction of sp³-hybridized carbons (Fsp3) is 0.190. The van der Waals surface area contributed by atoms with E-state index in [2.05, 4.69) is 15.3 Å². The minimum atomic E-state index is -4.51. The van der Waals surface area contributed by atoms with Gasteiger partial charge in [-0.3, -0.25) is 4.90 Å². The summed E-state index contributed by atoms with van der Waals surface area (Å²) >= 11 is 0. The minimum Gasteiger partial charge on any atom is -0.489 e. The van der Waals surface area contributed by atoms with Crippen LogP contribution in [0.3, 0.4) is 0 Å². The SMILES string of the molecule is Cc1ccc(NC(=O)N2CCOc3cc(Oc4cc(N)ncn4)ccc32)cc1C(F)(F)F. The average Bonchev–Trinajstić information content (AvgIpc) is 2.73. The lowest BCUT2D eigenvalue weighted by atomic mass is 10.1. The summed E-state index contributed by atoms with van der Waals surface area (Å²) in [5.74, 6) is 1.27. The zero-order valence-corrected chi connectivity index (χ0v) is 16.8. The summed E-state index contributed by atoms with van der Waals surface area (Å²) in [6, 6.07) is 9.34. The second-order valence-electron chi connectivity index (χ2n) is 6.97. The third-order valence-electron chi connectivity index (χ3n) is 4.72. The van der Waals surface area contributed by atoms with E-state index in [9.17, 15) is 18.0 Å². The number of halogens is 3. The van der Waals surface area contributed by atoms with Crippen LogP contribution >= 0.6 is 0 Å². The number of alkyl halides is 3. The Kier molecular flexibility index (Phi) is 5.47. The topological polar surface area (TPSA) is 103 Å². The second-order valence-corrected chi connectivity index (χ2v) is 6.97. The van der Waals surface area contributed by atoms with Crippen LogP contribution in [0.1, 0.15) is 11.1 Å². The molecule has 2 amide bonds. The number of rotatable bonds is 3. The van der Waals surface area contributed by atoms with Gasteiger partial charge in [-0.25, -0.2) is 14.8 Å². The molecule has 4 rings (SSSR count). The van der Waals surface area contributed by atoms with Crippen molar-refractivity contribution in [3.8, 4) is 17.4 Å². The maximum Gasteiger partial charge on any atom is 0.416 e. The molecule has 0 radical (unpaired) electrons. The van der Waals surface area contributed by atoms with Crippen molar-refractivity contribution in [3.63, 3.8) is 0 Å². The van der Waals surface area contributed by atoms with Crippen LogP contribution in [-0.4, -0.2) is 29.2 Å². The fourth-order valence-corrected chi connectivity index (χ4v) is 3.20. The van der Waals surface area contributed by atoms with Crippen LogP contribution in [-0.2, 0) is 6.18 Å². The number of nitrogens with two attached hydrogens (primary N) is 1. The van der Waals surface area contributed by atoms with Crippen LogP contribution in [0, 0.1) is 6.92 Å². The van der Waals surface area contributed by atoms with E-state index >= 15 is 0 Å². The van der Waals surface area contributed by atoms with Gasteiger partial charge in [0.2, 0.25) is 5.88 Å². The van der Waals surface area contributed by atoms with E-state index in [-0.39, 0.29) is 36.1 Å². The third kappa shape index (κ3) is 4.51. The number of nitrogens with zero attached hydrogens (tertiary/aromatic N) is 3. The Morgan fingerprint density at radius 2 is 2.00 bits per heavy atom. The van der Waals surface area contributed by atoms with E-state index in [1.807, 2.05) is 0 Å². The van der Waals surface area contributed by atoms with Gasteiger partial charge in [0.25, 0.3) is 0 Å². The third-order valence-corrected chi connectivity index (χ3v) is 4.72. The van der Waals surface area contributed by atoms with Crippen LogP contribution < -0.4 is 25.4 Å². The first-order valence-corrected chi connectivity index (χ1v) is 9.49. The molecule has 1 aliphatic heterocycles. The first-order valence-electron chi connectivity index (χ1n) is 9.49. The minimum absolute atomic E-state index is 0.0438. The molecule has 0 aliphatic carbocycles. The number of hydrogen-bond acceptors (Lipinski definition) is 6. The molecule has 2 aromatic carbocycles. The number of nitrogens with one attached hydrogen (secondary N) is 1. The Morgan fingerprint density at radius 3 is 2.75 bits per heavy atom. The van der Waals surface area contributed by atoms with E-state index in [0.29, 0.717) is 17.2 Å². The fourth-order valence-electron chi connectivity index (χ4n) is 3.20. The summed E-state index contributed by atoms with van der Waals surface area (Å²) in [5, 5.41) is 2.52. The molecule has 1 aliphatic rings. The zero-order chi connectivity index (χ0) is 22.9. The molecule has 1 aromatic heterocycles. The predicted octanol–water partition coefficient (Wildman–Crippen LogP) is 4.61. The highest BCUT2D eigenvalue weighted by Gasteiger charge is 2.33. The van der Waals surface area contributed by atoms with Crippen molar-refractivity contribution in [2.75, 3.05) is 29.1 Å². The quantitative estimate of drug-likeness (QED) is 0.611. The number of urea groups is 1. The zero-order valence-electron chi connectivity index (χ0n) is 16.8. The molecule has 11 heteroatoms. The number of benzene rings is 2. The Morgan fingerprint density at radius 1 is 1.19 bits per heavy atom. The number of aromatic nitrogens is 2. The van der Waals surface area contributed by atoms with E-state index in [1.165, 1.54) is 36.4 Å². The Balaban J connectivity index is 1.53. The number of hydrogen-bond donors (Lipinski definition) is 2. The molecule has 2 heterocycles. The summed E-state index contributed by atoms with van der Waals surface area (Å²) in [5.41, 5.74) is 5.38. The maximum atomic E-state index is 13.2. The van der Waals surface area contributed by atoms with Crippen molar-refractivity contribution in [2.45, 2.75) is 13.1 Å². The molecular formula is C21H18F3N5O3. The monoisotopic (exact) mass is 445 g/mol. The van der Waals surface area contributed by atoms with Gasteiger partial charge in [-0.15, -0.1) is 0 Å². The largest absolute Gasteiger partial charge is 0.489 e. The van der Waals surface area contributed by atoms with Gasteiger partial charge in [0.1, 0.15) is 30.3 Å². The molecule has 0 bridgehead atoms. The Bertz CT molecular complexity index is 1170. The summed E-state index contributed by atoms with van der Waals surface area (Å²) < 4.78 is 50.8. The molecule has 0 saturated carbocycles. The number of amides is 2. The number of fused-ring (bicyclic) bond motifs is 1. The number of anilines is 3. The Labute approximate surface area is 180 Å². The number of carbonyl (C=O) groups is 1. The second kappa shape index (κ2) is 8.25. The molecule has 32 heavy (non-hydrogen) atoms. The van der Waals surface area contributed by atoms with Crippen LogP contribution in [0.5, 0.6) is 17.4 Å². The summed E-state index contributed by atoms with van der Waals surface area (Å²) in [6.45, 7) is 1.79. The van der Waals surface area contributed by atoms with Gasteiger partial charge in [0.05, 0.1) is 17.8 Å². The molecule has 166 valence electrons. The van der Waals surface area contributed by atoms with Crippen LogP contribution in [0.2, 0.25) is 0 Å². The highest BCUT2D eigenvalue weighted by atomic mass is 19.4. The van der Waals surface area contributed by atoms with Gasteiger partial charge in [-0.1, -0.05) is 6.07 Å². The standard InChI is InChI=1S/C21H18F3N5O3/c1-12-2-3-13(8-15(12)21(22,23)24)28-20(30)29-6-7-31-17-9-14(4-5-16(17)29)32-19-10-18(25)26-11-27-19/h2-5,8-11H,6-7H2,1H3,(H,28,30)(H2,25,26,27). The number of nitrogen functional groups attached to an aromatic ring is 1. The highest BCUT2D eigenvalue weighted by molar-refractivity contribution is 6.03. The smallest absolute Gasteiger partial charge is 0.416 e. The summed E-state index contributed by atoms with van der Waals surface area (Å²) in [7, 11) is 0. The lowest BCUT2D eigenvalue weighted by Crippen LogP contribution is -2.40. The van der Waals surface area contributed by atoms with Gasteiger partial charge >= 0.3 is 12.2 Å². The van der Waals surface area contributed by atoms with Gasteiger partial charge in [-0.2, -0.15) is 13.2 Å². The first kappa shape index (κ1) is 21.2. The van der Waals surface area contributed by atoms with Gasteiger partial charge in [-0.05, 0) is 36.8 Å². The highest BCUT2D eigenvalue weighted by Crippen LogP contribution is 2.37. The molecule has 8 nitrogen and oxygen atoms in total. The molecule has 0 atom stereocenters. The van der Waals surface area contributed by atoms with E-state index < -0.39 is 17.8 Å². The van der Waals surface area contributed by atoms with Gasteiger partial charge in [0.15, 0.2) is 0 Å². The Hall–Kier alpha value is -4.02. The molecule has 0 saturated heterocycles. The summed E-state index contributed by atoms with van der Waals surface area (Å²) in [6.07, 6.45) is -3.25. The van der Waals surface area contributed by atoms with E-state index in [0.717, 1.165) is 6.07 Å². The van der Waals surface area contributed by atoms with Crippen molar-refractivity contribution < 1.29 is 27.4 Å². The van der Waals surface area contributed by atoms with Gasteiger partial charge < -0.3 is 20.5 Å². The molecule has 0 unspecified atom stereocenters. The van der Waals surface area contributed by atoms with E-state index in [1.54, 1.807) is 18.2 Å². The number of carbonyl (C=O) groups excluding carboxylic acids is 1. The van der Waals surface area contributed by atoms with Crippen molar-refractivity contribution in [2.24, 2.45) is 0 Å². The lowest BCUT2D eigenvalue weighted by Gasteiger charge is -2.30. The van der Waals surface area contributed by atoms with Crippen molar-refractivity contribution in [1.82, 2.24) is 9.97 Å². The first-order chi connectivity index (χ1) is 15.2. The van der Waals surface area contributed by atoms with Crippen molar-refractivity contribution >= 4 is 23.2 Å². The van der Waals surface area contributed by atoms with Crippen molar-refractivity contribution in [1.29, 1.82) is 0 Å². The molecule has 0 spiro atoms. The number of ether oxygens (including phenoxy) is 2. The molecule has 3 N–H and O–H groups in total. The number of aryl methyl sites for hydroxylation is 1.